The number of esters is 2. The van der Waals surface area contributed by atoms with E-state index in [2.05, 4.69) is 50.5 Å². The molecule has 5 rings (SSSR count). The zero-order valence-electron chi connectivity index (χ0n) is 30.1. The molecule has 10 heteroatoms. The van der Waals surface area contributed by atoms with E-state index in [1.54, 1.807) is 21.3 Å². The lowest BCUT2D eigenvalue weighted by Gasteiger charge is -2.46. The van der Waals surface area contributed by atoms with Gasteiger partial charge in [-0.15, -0.1) is 0 Å². The molecule has 4 atom stereocenters. The molecule has 0 amide bonds. The molecule has 0 radical (unpaired) electrons. The average Bonchev–Trinajstić information content (AvgIpc) is 3.13. The predicted molar refractivity (Wildman–Crippen MR) is 190 cm³/mol. The number of hydrogen-bond donors (Lipinski definition) is 0. The minimum Gasteiger partial charge on any atom is -0.497 e. The normalized spacial score (nSPS) is 23.1. The second-order valence-electron chi connectivity index (χ2n) is 13.8. The van der Waals surface area contributed by atoms with Crippen molar-refractivity contribution in [3.63, 3.8) is 0 Å². The summed E-state index contributed by atoms with van der Waals surface area (Å²) in [6.07, 6.45) is 4.45. The molecular weight excluding hydrogens is 636 g/mol. The minimum absolute atomic E-state index is 0.136. The van der Waals surface area contributed by atoms with Crippen molar-refractivity contribution in [3.8, 4) is 17.2 Å². The summed E-state index contributed by atoms with van der Waals surface area (Å²) in [6, 6.07) is 22.9. The maximum Gasteiger partial charge on any atom is 0.331 e. The fourth-order valence-corrected chi connectivity index (χ4v) is 7.26. The van der Waals surface area contributed by atoms with Crippen LogP contribution in [-0.2, 0) is 43.2 Å². The van der Waals surface area contributed by atoms with Crippen LogP contribution in [0.25, 0.3) is 0 Å². The fourth-order valence-electron chi connectivity index (χ4n) is 7.26. The number of methoxy groups -OCH3 is 3. The second kappa shape index (κ2) is 17.0. The van der Waals surface area contributed by atoms with Crippen LogP contribution < -0.4 is 14.2 Å². The lowest BCUT2D eigenvalue weighted by atomic mass is 9.86. The van der Waals surface area contributed by atoms with Gasteiger partial charge in [0.05, 0.1) is 61.7 Å². The van der Waals surface area contributed by atoms with Crippen LogP contribution in [0.2, 0.25) is 0 Å². The second-order valence-corrected chi connectivity index (χ2v) is 13.8. The van der Waals surface area contributed by atoms with Gasteiger partial charge in [-0.1, -0.05) is 42.5 Å². The Morgan fingerprint density at radius 2 is 1.54 bits per heavy atom. The quantitative estimate of drug-likeness (QED) is 0.0947. The van der Waals surface area contributed by atoms with Gasteiger partial charge in [-0.25, -0.2) is 9.59 Å². The topological polar surface area (TPSA) is 89.5 Å². The summed E-state index contributed by atoms with van der Waals surface area (Å²) in [5.74, 6) is 1.11. The van der Waals surface area contributed by atoms with Gasteiger partial charge < -0.3 is 37.4 Å². The number of carbonyl (C=O) groups excluding carboxylic acids is 2. The number of fused-ring (bicyclic) bond motifs is 1. The molecule has 3 aromatic carbocycles. The van der Waals surface area contributed by atoms with Crippen molar-refractivity contribution in [2.45, 2.75) is 38.0 Å². The molecule has 1 saturated heterocycles. The SMILES string of the molecule is COc1ccc(CC2c3cc(OC)c(OC)cc3CC[N+]2(C)CCCOC(=O)/C=C\C(=O)OCC2C[N+](C)(Cc3ccccc3)CCO2)cc1. The molecule has 2 heterocycles. The number of carbonyl (C=O) groups is 2. The van der Waals surface area contributed by atoms with Crippen LogP contribution in [0.4, 0.5) is 0 Å². The number of morpholine rings is 1. The van der Waals surface area contributed by atoms with Crippen LogP contribution in [0.5, 0.6) is 17.2 Å². The van der Waals surface area contributed by atoms with Gasteiger partial charge in [-0.05, 0) is 35.4 Å². The summed E-state index contributed by atoms with van der Waals surface area (Å²) < 4.78 is 35.1. The lowest BCUT2D eigenvalue weighted by Crippen LogP contribution is -2.55. The van der Waals surface area contributed by atoms with Crippen molar-refractivity contribution in [3.05, 3.63) is 101 Å². The molecule has 2 aliphatic rings. The lowest BCUT2D eigenvalue weighted by molar-refractivity contribution is -0.941. The summed E-state index contributed by atoms with van der Waals surface area (Å²) in [5.41, 5.74) is 4.97. The number of benzene rings is 3. The first-order valence-corrected chi connectivity index (χ1v) is 17.4. The summed E-state index contributed by atoms with van der Waals surface area (Å²) in [6.45, 7) is 5.23. The summed E-state index contributed by atoms with van der Waals surface area (Å²) in [5, 5.41) is 0. The van der Waals surface area contributed by atoms with Crippen LogP contribution in [0.1, 0.15) is 34.7 Å². The molecule has 0 spiro atoms. The van der Waals surface area contributed by atoms with Crippen molar-refractivity contribution in [1.29, 1.82) is 0 Å². The number of hydrogen-bond acceptors (Lipinski definition) is 8. The number of nitrogens with zero attached hydrogens (tertiary/aromatic N) is 2. The highest BCUT2D eigenvalue weighted by molar-refractivity contribution is 5.91. The van der Waals surface area contributed by atoms with Crippen LogP contribution in [0, 0.1) is 0 Å². The van der Waals surface area contributed by atoms with Gasteiger partial charge in [-0.2, -0.15) is 0 Å². The maximum absolute atomic E-state index is 12.5. The molecule has 2 aliphatic heterocycles. The molecule has 0 bridgehead atoms. The van der Waals surface area contributed by atoms with Crippen LogP contribution in [0.3, 0.4) is 0 Å². The van der Waals surface area contributed by atoms with Crippen LogP contribution in [-0.4, -0.2) is 108 Å². The van der Waals surface area contributed by atoms with E-state index in [1.807, 2.05) is 30.3 Å². The summed E-state index contributed by atoms with van der Waals surface area (Å²) in [4.78, 5) is 24.9. The largest absolute Gasteiger partial charge is 0.497 e. The minimum atomic E-state index is -0.591. The molecule has 10 nitrogen and oxygen atoms in total. The van der Waals surface area contributed by atoms with Gasteiger partial charge in [-0.3, -0.25) is 0 Å². The molecule has 0 N–H and O–H groups in total. The van der Waals surface area contributed by atoms with Crippen molar-refractivity contribution >= 4 is 11.9 Å². The summed E-state index contributed by atoms with van der Waals surface area (Å²) in [7, 11) is 9.46. The Kier molecular flexibility index (Phi) is 12.6. The number of ether oxygens (including phenoxy) is 6. The Balaban J connectivity index is 1.12. The molecular formula is C40H52N2O8+2. The Morgan fingerprint density at radius 3 is 2.24 bits per heavy atom. The predicted octanol–water partition coefficient (Wildman–Crippen LogP) is 5.08. The third-order valence-corrected chi connectivity index (χ3v) is 10.1. The molecule has 3 aromatic rings. The molecule has 0 saturated carbocycles. The van der Waals surface area contributed by atoms with Crippen molar-refractivity contribution < 1.29 is 47.0 Å². The highest BCUT2D eigenvalue weighted by atomic mass is 16.6. The first kappa shape index (κ1) is 36.9. The van der Waals surface area contributed by atoms with E-state index in [4.69, 9.17) is 28.4 Å². The van der Waals surface area contributed by atoms with Gasteiger partial charge >= 0.3 is 11.9 Å². The first-order chi connectivity index (χ1) is 24.1. The van der Waals surface area contributed by atoms with Crippen LogP contribution >= 0.6 is 0 Å². The van der Waals surface area contributed by atoms with Gasteiger partial charge in [0.25, 0.3) is 0 Å². The average molecular weight is 689 g/mol. The van der Waals surface area contributed by atoms with E-state index >= 15 is 0 Å². The van der Waals surface area contributed by atoms with E-state index in [0.717, 1.165) is 78.2 Å². The van der Waals surface area contributed by atoms with E-state index < -0.39 is 11.9 Å². The van der Waals surface area contributed by atoms with E-state index in [9.17, 15) is 9.59 Å². The van der Waals surface area contributed by atoms with E-state index in [-0.39, 0.29) is 25.4 Å². The van der Waals surface area contributed by atoms with Gasteiger partial charge in [0, 0.05) is 42.5 Å². The highest BCUT2D eigenvalue weighted by Crippen LogP contribution is 2.42. The molecule has 268 valence electrons. The van der Waals surface area contributed by atoms with E-state index in [1.165, 1.54) is 22.3 Å². The monoisotopic (exact) mass is 688 g/mol. The Hall–Kier alpha value is -4.38. The first-order valence-electron chi connectivity index (χ1n) is 17.4. The smallest absolute Gasteiger partial charge is 0.331 e. The summed E-state index contributed by atoms with van der Waals surface area (Å²) >= 11 is 0. The third kappa shape index (κ3) is 9.65. The molecule has 0 aromatic heterocycles. The maximum atomic E-state index is 12.5. The van der Waals surface area contributed by atoms with Crippen LogP contribution in [0.15, 0.2) is 78.9 Å². The zero-order chi connectivity index (χ0) is 35.6. The van der Waals surface area contributed by atoms with Crippen molar-refractivity contribution in [2.75, 3.05) is 81.4 Å². The number of quaternary nitrogens is 2. The number of rotatable bonds is 15. The van der Waals surface area contributed by atoms with Crippen molar-refractivity contribution in [2.24, 2.45) is 0 Å². The Labute approximate surface area is 296 Å². The van der Waals surface area contributed by atoms with Gasteiger partial charge in [0.1, 0.15) is 44.1 Å². The highest BCUT2D eigenvalue weighted by Gasteiger charge is 2.40. The third-order valence-electron chi connectivity index (χ3n) is 10.1. The van der Waals surface area contributed by atoms with Gasteiger partial charge in [0.15, 0.2) is 11.5 Å². The molecule has 0 aliphatic carbocycles. The molecule has 50 heavy (non-hydrogen) atoms. The molecule has 4 unspecified atom stereocenters. The van der Waals surface area contributed by atoms with E-state index in [0.29, 0.717) is 18.8 Å². The molecule has 1 fully saturated rings. The van der Waals surface area contributed by atoms with Gasteiger partial charge in [0.2, 0.25) is 0 Å². The Morgan fingerprint density at radius 1 is 0.840 bits per heavy atom. The Bertz CT molecular complexity index is 1610. The number of likely N-dealkylation sites (N-methyl/N-ethyl adjacent to an activating group) is 2. The zero-order valence-corrected chi connectivity index (χ0v) is 30.1. The van der Waals surface area contributed by atoms with Crippen molar-refractivity contribution in [1.82, 2.24) is 0 Å². The standard InChI is InChI=1S/C40H52N2O8/c1-41(27-31-10-7-6-8-11-31)21-23-48-34(28-41)29-50-40(44)17-16-39(43)49-22-9-19-42(2)20-18-32-25-37(46-4)38(47-5)26-35(32)36(42)24-30-12-14-33(45-3)15-13-30/h6-8,10-17,25-26,34,36H,9,18-24,27-29H2,1-5H3/q+2/b17-16-. The fraction of sp³-hybridized carbons (Fsp3) is 0.450.